The number of aromatic nitrogens is 4. The first-order valence-corrected chi connectivity index (χ1v) is 10.0. The summed E-state index contributed by atoms with van der Waals surface area (Å²) in [5.41, 5.74) is 1.66. The van der Waals surface area contributed by atoms with Gasteiger partial charge in [-0.2, -0.15) is 9.61 Å². The number of carbonyl (C=O) groups excluding carboxylic acids is 1. The highest BCUT2D eigenvalue weighted by molar-refractivity contribution is 7.99. The van der Waals surface area contributed by atoms with Crippen molar-refractivity contribution in [1.82, 2.24) is 19.8 Å². The molecule has 0 aliphatic carbocycles. The summed E-state index contributed by atoms with van der Waals surface area (Å²) in [7, 11) is 0. The Labute approximate surface area is 179 Å². The molecule has 0 fully saturated rings. The molecule has 0 bridgehead atoms. The monoisotopic (exact) mass is 440 g/mol. The van der Waals surface area contributed by atoms with E-state index in [1.54, 1.807) is 34.8 Å². The second kappa shape index (κ2) is 8.47. The first kappa shape index (κ1) is 19.8. The molecule has 30 heavy (non-hydrogen) atoms. The molecule has 1 N–H and O–H groups in total. The molecule has 2 aromatic carbocycles. The van der Waals surface area contributed by atoms with Crippen molar-refractivity contribution in [2.24, 2.45) is 0 Å². The van der Waals surface area contributed by atoms with Crippen LogP contribution in [0.15, 0.2) is 65.7 Å². The van der Waals surface area contributed by atoms with Crippen LogP contribution in [0.25, 0.3) is 17.0 Å². The number of fused-ring (bicyclic) bond motifs is 1. The largest absolute Gasteiger partial charge is 0.325 e. The molecule has 4 aromatic rings. The Kier molecular flexibility index (Phi) is 5.59. The molecule has 0 atom stereocenters. The number of anilines is 1. The number of amides is 1. The van der Waals surface area contributed by atoms with Gasteiger partial charge in [0.25, 0.3) is 5.69 Å². The van der Waals surface area contributed by atoms with Crippen molar-refractivity contribution >= 4 is 46.3 Å². The Balaban J connectivity index is 1.47. The van der Waals surface area contributed by atoms with Crippen LogP contribution in [0.5, 0.6) is 0 Å². The van der Waals surface area contributed by atoms with Crippen LogP contribution >= 0.6 is 23.4 Å². The number of halogens is 1. The van der Waals surface area contributed by atoms with E-state index in [4.69, 9.17) is 11.6 Å². The number of nitrogens with one attached hydrogen (secondary N) is 1. The second-order valence-corrected chi connectivity index (χ2v) is 7.55. The lowest BCUT2D eigenvalue weighted by molar-refractivity contribution is -0.384. The van der Waals surface area contributed by atoms with Crippen LogP contribution in [0, 0.1) is 10.1 Å². The fraction of sp³-hybridized carbons (Fsp3) is 0.0526. The van der Waals surface area contributed by atoms with E-state index in [0.29, 0.717) is 27.2 Å². The van der Waals surface area contributed by atoms with Crippen molar-refractivity contribution in [3.8, 4) is 11.4 Å². The average molecular weight is 441 g/mol. The fourth-order valence-electron chi connectivity index (χ4n) is 2.66. The quantitative estimate of drug-likeness (QED) is 0.273. The van der Waals surface area contributed by atoms with Gasteiger partial charge in [0.2, 0.25) is 5.91 Å². The highest BCUT2D eigenvalue weighted by atomic mass is 35.5. The molecule has 2 heterocycles. The molecule has 11 heteroatoms. The number of nitro benzene ring substituents is 1. The molecule has 150 valence electrons. The van der Waals surface area contributed by atoms with Gasteiger partial charge in [-0.1, -0.05) is 29.4 Å². The molecule has 4 rings (SSSR count). The van der Waals surface area contributed by atoms with Crippen LogP contribution in [0.3, 0.4) is 0 Å². The molecule has 1 amide bonds. The lowest BCUT2D eigenvalue weighted by Crippen LogP contribution is -2.14. The number of rotatable bonds is 6. The van der Waals surface area contributed by atoms with Gasteiger partial charge in [0, 0.05) is 28.4 Å². The van der Waals surface area contributed by atoms with Gasteiger partial charge in [0.15, 0.2) is 11.5 Å². The summed E-state index contributed by atoms with van der Waals surface area (Å²) in [5.74, 6) is 0.341. The number of carbonyl (C=O) groups is 1. The van der Waals surface area contributed by atoms with Crippen LogP contribution in [-0.4, -0.2) is 36.4 Å². The summed E-state index contributed by atoms with van der Waals surface area (Å²) in [6, 6.07) is 16.5. The molecular formula is C19H13ClN6O3S. The number of non-ortho nitro benzene ring substituents is 1. The number of nitrogens with zero attached hydrogens (tertiary/aromatic N) is 5. The first-order chi connectivity index (χ1) is 14.5. The highest BCUT2D eigenvalue weighted by Gasteiger charge is 2.12. The molecule has 0 unspecified atom stereocenters. The Morgan fingerprint density at radius 2 is 1.93 bits per heavy atom. The van der Waals surface area contributed by atoms with Gasteiger partial charge in [0.05, 0.1) is 10.7 Å². The van der Waals surface area contributed by atoms with Crippen LogP contribution in [-0.2, 0) is 4.79 Å². The van der Waals surface area contributed by atoms with Crippen LogP contribution < -0.4 is 5.32 Å². The van der Waals surface area contributed by atoms with E-state index in [1.807, 2.05) is 12.1 Å². The van der Waals surface area contributed by atoms with Crippen molar-refractivity contribution < 1.29 is 9.72 Å². The number of thioether (sulfide) groups is 1. The molecule has 2 aromatic heterocycles. The Hall–Kier alpha value is -3.50. The summed E-state index contributed by atoms with van der Waals surface area (Å²) in [4.78, 5) is 22.6. The smallest absolute Gasteiger partial charge is 0.271 e. The minimum absolute atomic E-state index is 0.0829. The zero-order chi connectivity index (χ0) is 21.1. The van der Waals surface area contributed by atoms with E-state index in [0.717, 1.165) is 5.56 Å². The van der Waals surface area contributed by atoms with Gasteiger partial charge in [0.1, 0.15) is 5.03 Å². The number of benzene rings is 2. The number of hydrogen-bond acceptors (Lipinski definition) is 7. The van der Waals surface area contributed by atoms with Crippen molar-refractivity contribution in [2.45, 2.75) is 5.03 Å². The molecule has 0 radical (unpaired) electrons. The topological polar surface area (TPSA) is 115 Å². The number of hydrogen-bond donors (Lipinski definition) is 1. The summed E-state index contributed by atoms with van der Waals surface area (Å²) < 4.78 is 1.60. The van der Waals surface area contributed by atoms with E-state index in [2.05, 4.69) is 20.6 Å². The molecular weight excluding hydrogens is 428 g/mol. The van der Waals surface area contributed by atoms with E-state index in [-0.39, 0.29) is 17.3 Å². The lowest BCUT2D eigenvalue weighted by atomic mass is 10.2. The standard InChI is InChI=1S/C19H13ClN6O3S/c20-13-6-4-12(5-7-13)19-23-22-16-8-9-18(24-25(16)19)30-11-17(27)21-14-2-1-3-15(10-14)26(28)29/h1-10H,11H2,(H,21,27). The number of nitro groups is 1. The predicted molar refractivity (Wildman–Crippen MR) is 114 cm³/mol. The predicted octanol–water partition coefficient (Wildman–Crippen LogP) is 4.08. The van der Waals surface area contributed by atoms with Gasteiger partial charge < -0.3 is 5.32 Å². The minimum Gasteiger partial charge on any atom is -0.325 e. The zero-order valence-electron chi connectivity index (χ0n) is 15.2. The van der Waals surface area contributed by atoms with Gasteiger partial charge in [-0.05, 0) is 42.5 Å². The fourth-order valence-corrected chi connectivity index (χ4v) is 3.44. The SMILES string of the molecule is O=C(CSc1ccc2nnc(-c3ccc(Cl)cc3)n2n1)Nc1cccc([N+](=O)[O-])c1. The van der Waals surface area contributed by atoms with Gasteiger partial charge >= 0.3 is 0 Å². The Bertz CT molecular complexity index is 1240. The maximum Gasteiger partial charge on any atom is 0.271 e. The average Bonchev–Trinajstić information content (AvgIpc) is 3.16. The molecule has 9 nitrogen and oxygen atoms in total. The Morgan fingerprint density at radius 1 is 1.13 bits per heavy atom. The van der Waals surface area contributed by atoms with Crippen molar-refractivity contribution in [2.75, 3.05) is 11.1 Å². The third kappa shape index (κ3) is 4.39. The minimum atomic E-state index is -0.513. The van der Waals surface area contributed by atoms with Crippen LogP contribution in [0.2, 0.25) is 5.02 Å². The lowest BCUT2D eigenvalue weighted by Gasteiger charge is -2.05. The van der Waals surface area contributed by atoms with E-state index < -0.39 is 4.92 Å². The van der Waals surface area contributed by atoms with E-state index in [9.17, 15) is 14.9 Å². The molecule has 0 aliphatic heterocycles. The second-order valence-electron chi connectivity index (χ2n) is 6.12. The summed E-state index contributed by atoms with van der Waals surface area (Å²) in [6.07, 6.45) is 0. The van der Waals surface area contributed by atoms with Crippen LogP contribution in [0.4, 0.5) is 11.4 Å². The molecule has 0 saturated carbocycles. The van der Waals surface area contributed by atoms with Gasteiger partial charge in [-0.25, -0.2) is 0 Å². The first-order valence-electron chi connectivity index (χ1n) is 8.65. The summed E-state index contributed by atoms with van der Waals surface area (Å²) in [6.45, 7) is 0. The third-order valence-electron chi connectivity index (χ3n) is 4.03. The molecule has 0 spiro atoms. The zero-order valence-corrected chi connectivity index (χ0v) is 16.8. The van der Waals surface area contributed by atoms with Crippen LogP contribution in [0.1, 0.15) is 0 Å². The maximum absolute atomic E-state index is 12.2. The summed E-state index contributed by atoms with van der Waals surface area (Å²) in [5, 5.41) is 27.5. The highest BCUT2D eigenvalue weighted by Crippen LogP contribution is 2.23. The normalized spacial score (nSPS) is 10.8. The van der Waals surface area contributed by atoms with Crippen molar-refractivity contribution in [3.63, 3.8) is 0 Å². The maximum atomic E-state index is 12.2. The third-order valence-corrected chi connectivity index (χ3v) is 5.20. The van der Waals surface area contributed by atoms with Crippen molar-refractivity contribution in [1.29, 1.82) is 0 Å². The van der Waals surface area contributed by atoms with Gasteiger partial charge in [-0.3, -0.25) is 14.9 Å². The molecule has 0 aliphatic rings. The van der Waals surface area contributed by atoms with E-state index in [1.165, 1.54) is 30.0 Å². The van der Waals surface area contributed by atoms with E-state index >= 15 is 0 Å². The Morgan fingerprint density at radius 3 is 2.70 bits per heavy atom. The van der Waals surface area contributed by atoms with Gasteiger partial charge in [-0.15, -0.1) is 10.2 Å². The van der Waals surface area contributed by atoms with Crippen molar-refractivity contribution in [3.05, 3.63) is 75.8 Å². The molecule has 0 saturated heterocycles. The summed E-state index contributed by atoms with van der Waals surface area (Å²) >= 11 is 7.16.